The molecule has 6 N–H and O–H groups in total. The summed E-state index contributed by atoms with van der Waals surface area (Å²) in [5, 5.41) is 6.38. The third-order valence-corrected chi connectivity index (χ3v) is 5.45. The molecule has 0 saturated heterocycles. The Kier molecular flexibility index (Phi) is 6.20. The zero-order chi connectivity index (χ0) is 22.7. The third kappa shape index (κ3) is 4.63. The number of hydrogen-bond donors (Lipinski definition) is 4. The van der Waals surface area contributed by atoms with Crippen molar-refractivity contribution in [3.63, 3.8) is 0 Å². The second-order valence-electron chi connectivity index (χ2n) is 7.78. The lowest BCUT2D eigenvalue weighted by Gasteiger charge is -2.26. The third-order valence-electron chi connectivity index (χ3n) is 5.45. The van der Waals surface area contributed by atoms with Crippen LogP contribution in [0.25, 0.3) is 0 Å². The van der Waals surface area contributed by atoms with Gasteiger partial charge in [-0.15, -0.1) is 0 Å². The Hall–Kier alpha value is -3.69. The number of likely N-dealkylation sites (N-methyl/N-ethyl adjacent to an activating group) is 1. The molecule has 1 amide bonds. The van der Waals surface area contributed by atoms with Gasteiger partial charge in [0.1, 0.15) is 17.1 Å². The molecule has 2 heterocycles. The van der Waals surface area contributed by atoms with Crippen LogP contribution in [0.3, 0.4) is 0 Å². The lowest BCUT2D eigenvalue weighted by Crippen LogP contribution is -2.26. The van der Waals surface area contributed by atoms with Crippen LogP contribution < -0.4 is 26.8 Å². The number of primary amides is 1. The second-order valence-corrected chi connectivity index (χ2v) is 7.78. The van der Waals surface area contributed by atoms with Crippen molar-refractivity contribution in [3.05, 3.63) is 64.8 Å². The summed E-state index contributed by atoms with van der Waals surface area (Å²) in [7, 11) is 3.74. The molecule has 0 aliphatic carbocycles. The molecular formula is C23H27N7O2. The molecule has 0 atom stereocenters. The highest BCUT2D eigenvalue weighted by molar-refractivity contribution is 5.98. The minimum absolute atomic E-state index is 0.188. The highest BCUT2D eigenvalue weighted by atomic mass is 16.5. The number of anilines is 4. The minimum atomic E-state index is -0.622. The number of nitrogens with zero attached hydrogens (tertiary/aromatic N) is 3. The fourth-order valence-electron chi connectivity index (χ4n) is 3.75. The van der Waals surface area contributed by atoms with E-state index in [0.717, 1.165) is 36.4 Å². The van der Waals surface area contributed by atoms with Crippen molar-refractivity contribution < 1.29 is 9.53 Å². The number of nitrogens with two attached hydrogens (primary N) is 2. The van der Waals surface area contributed by atoms with Crippen molar-refractivity contribution in [1.29, 1.82) is 0 Å². The van der Waals surface area contributed by atoms with E-state index in [1.54, 1.807) is 7.11 Å². The summed E-state index contributed by atoms with van der Waals surface area (Å²) in [6, 6.07) is 11.7. The van der Waals surface area contributed by atoms with Crippen molar-refractivity contribution >= 4 is 29.0 Å². The average Bonchev–Trinajstić information content (AvgIpc) is 2.78. The lowest BCUT2D eigenvalue weighted by atomic mass is 9.99. The van der Waals surface area contributed by atoms with Crippen LogP contribution in [0.2, 0.25) is 0 Å². The molecule has 0 bridgehead atoms. The van der Waals surface area contributed by atoms with E-state index in [1.165, 1.54) is 17.3 Å². The Balaban J connectivity index is 1.67. The Morgan fingerprint density at radius 2 is 2.06 bits per heavy atom. The average molecular weight is 434 g/mol. The Morgan fingerprint density at radius 3 is 2.81 bits per heavy atom. The molecule has 0 unspecified atom stereocenters. The van der Waals surface area contributed by atoms with Crippen molar-refractivity contribution in [2.24, 2.45) is 11.5 Å². The van der Waals surface area contributed by atoms with E-state index in [4.69, 9.17) is 16.2 Å². The van der Waals surface area contributed by atoms with Gasteiger partial charge < -0.3 is 31.7 Å². The van der Waals surface area contributed by atoms with Gasteiger partial charge in [-0.2, -0.15) is 4.98 Å². The lowest BCUT2D eigenvalue weighted by molar-refractivity contribution is 0.100. The van der Waals surface area contributed by atoms with Crippen LogP contribution in [-0.4, -0.2) is 41.5 Å². The van der Waals surface area contributed by atoms with Crippen LogP contribution >= 0.6 is 0 Å². The molecule has 1 aliphatic heterocycles. The fraction of sp³-hybridized carbons (Fsp3) is 0.261. The highest BCUT2D eigenvalue weighted by Gasteiger charge is 2.18. The predicted octanol–water partition coefficient (Wildman–Crippen LogP) is 2.52. The van der Waals surface area contributed by atoms with Gasteiger partial charge in [-0.25, -0.2) is 4.98 Å². The van der Waals surface area contributed by atoms with Gasteiger partial charge in [0.25, 0.3) is 5.91 Å². The van der Waals surface area contributed by atoms with Crippen LogP contribution in [0, 0.1) is 0 Å². The fourth-order valence-corrected chi connectivity index (χ4v) is 3.75. The largest absolute Gasteiger partial charge is 0.495 e. The Morgan fingerprint density at radius 1 is 1.22 bits per heavy atom. The van der Waals surface area contributed by atoms with E-state index in [9.17, 15) is 4.79 Å². The number of amides is 1. The smallest absolute Gasteiger partial charge is 0.254 e. The molecule has 0 spiro atoms. The number of methoxy groups -OCH3 is 1. The first-order chi connectivity index (χ1) is 15.5. The van der Waals surface area contributed by atoms with Gasteiger partial charge in [0.05, 0.1) is 12.8 Å². The van der Waals surface area contributed by atoms with E-state index < -0.39 is 5.91 Å². The predicted molar refractivity (Wildman–Crippen MR) is 124 cm³/mol. The summed E-state index contributed by atoms with van der Waals surface area (Å²) in [5.74, 6) is 0.709. The molecule has 1 aliphatic rings. The quantitative estimate of drug-likeness (QED) is 0.447. The van der Waals surface area contributed by atoms with Crippen molar-refractivity contribution in [2.45, 2.75) is 19.5 Å². The zero-order valence-corrected chi connectivity index (χ0v) is 18.2. The molecule has 3 aromatic rings. The molecule has 1 aromatic heterocycles. The maximum atomic E-state index is 11.9. The van der Waals surface area contributed by atoms with Gasteiger partial charge in [0.15, 0.2) is 0 Å². The molecule has 9 heteroatoms. The van der Waals surface area contributed by atoms with Crippen LogP contribution in [0.1, 0.15) is 27.0 Å². The Bertz CT molecular complexity index is 1150. The van der Waals surface area contributed by atoms with Gasteiger partial charge in [-0.1, -0.05) is 12.1 Å². The van der Waals surface area contributed by atoms with Gasteiger partial charge in [0.2, 0.25) is 5.95 Å². The molecule has 32 heavy (non-hydrogen) atoms. The topological polar surface area (TPSA) is 131 Å². The van der Waals surface area contributed by atoms with E-state index in [2.05, 4.69) is 44.7 Å². The van der Waals surface area contributed by atoms with Crippen molar-refractivity contribution in [1.82, 2.24) is 14.9 Å². The van der Waals surface area contributed by atoms with Gasteiger partial charge in [-0.05, 0) is 54.4 Å². The van der Waals surface area contributed by atoms with Gasteiger partial charge in [-0.3, -0.25) is 4.79 Å². The van der Waals surface area contributed by atoms with Gasteiger partial charge >= 0.3 is 0 Å². The summed E-state index contributed by atoms with van der Waals surface area (Å²) in [5.41, 5.74) is 16.4. The number of benzene rings is 2. The molecule has 0 saturated carbocycles. The van der Waals surface area contributed by atoms with E-state index in [-0.39, 0.29) is 5.56 Å². The molecule has 4 rings (SSSR count). The summed E-state index contributed by atoms with van der Waals surface area (Å²) < 4.78 is 5.59. The number of hydrogen-bond acceptors (Lipinski definition) is 8. The number of rotatable bonds is 7. The van der Waals surface area contributed by atoms with Crippen molar-refractivity contribution in [2.75, 3.05) is 31.3 Å². The zero-order valence-electron chi connectivity index (χ0n) is 18.2. The standard InChI is InChI=1S/C23H27N7O2/c1-30-7-6-15-10-20(32-2)19(9-16(15)13-30)28-23-26-12-18(21(25)31)22(29-23)27-17-5-3-4-14(8-17)11-24/h3-5,8-10,12H,6-7,11,13,24H2,1-2H3,(H2,25,31)(H2,26,27,28,29). The molecular weight excluding hydrogens is 406 g/mol. The summed E-state index contributed by atoms with van der Waals surface area (Å²) in [4.78, 5) is 23.0. The van der Waals surface area contributed by atoms with Crippen molar-refractivity contribution in [3.8, 4) is 5.75 Å². The molecule has 166 valence electrons. The van der Waals surface area contributed by atoms with Crippen LogP contribution in [0.15, 0.2) is 42.6 Å². The summed E-state index contributed by atoms with van der Waals surface area (Å²) in [6.45, 7) is 2.28. The SMILES string of the molecule is COc1cc2c(cc1Nc1ncc(C(N)=O)c(Nc3cccc(CN)c3)n1)CN(C)CC2. The first-order valence-electron chi connectivity index (χ1n) is 10.3. The number of ether oxygens (including phenoxy) is 1. The number of nitrogens with one attached hydrogen (secondary N) is 2. The number of carbonyl (C=O) groups is 1. The number of fused-ring (bicyclic) bond motifs is 1. The normalized spacial score (nSPS) is 13.3. The van der Waals surface area contributed by atoms with E-state index >= 15 is 0 Å². The van der Waals surface area contributed by atoms with E-state index in [1.807, 2.05) is 24.3 Å². The first kappa shape index (κ1) is 21.5. The van der Waals surface area contributed by atoms with Gasteiger partial charge in [0, 0.05) is 31.5 Å². The van der Waals surface area contributed by atoms with Crippen LogP contribution in [0.4, 0.5) is 23.1 Å². The highest BCUT2D eigenvalue weighted by Crippen LogP contribution is 2.33. The summed E-state index contributed by atoms with van der Waals surface area (Å²) in [6.07, 6.45) is 2.38. The second kappa shape index (κ2) is 9.21. The first-order valence-corrected chi connectivity index (χ1v) is 10.3. The number of carbonyl (C=O) groups excluding carboxylic acids is 1. The number of aromatic nitrogens is 2. The molecule has 0 fully saturated rings. The molecule has 9 nitrogen and oxygen atoms in total. The van der Waals surface area contributed by atoms with E-state index in [0.29, 0.717) is 24.1 Å². The monoisotopic (exact) mass is 433 g/mol. The Labute approximate surface area is 186 Å². The maximum absolute atomic E-state index is 11.9. The van der Waals surface area contributed by atoms with Crippen LogP contribution in [-0.2, 0) is 19.5 Å². The molecule has 0 radical (unpaired) electrons. The summed E-state index contributed by atoms with van der Waals surface area (Å²) >= 11 is 0. The maximum Gasteiger partial charge on any atom is 0.254 e. The molecule has 2 aromatic carbocycles. The van der Waals surface area contributed by atoms with Crippen LogP contribution in [0.5, 0.6) is 5.75 Å². The minimum Gasteiger partial charge on any atom is -0.495 e.